The van der Waals surface area contributed by atoms with E-state index in [1.54, 1.807) is 24.3 Å². The topological polar surface area (TPSA) is 84.5 Å². The summed E-state index contributed by atoms with van der Waals surface area (Å²) in [6, 6.07) is 8.77. The molecule has 0 fully saturated rings. The zero-order chi connectivity index (χ0) is 14.8. The van der Waals surface area contributed by atoms with Gasteiger partial charge in [-0.2, -0.15) is 0 Å². The van der Waals surface area contributed by atoms with Crippen molar-refractivity contribution in [3.63, 3.8) is 0 Å². The highest BCUT2D eigenvalue weighted by molar-refractivity contribution is 5.94. The Hall–Kier alpha value is -2.37. The summed E-state index contributed by atoms with van der Waals surface area (Å²) < 4.78 is 4.45. The number of ether oxygens (including phenoxy) is 1. The first-order valence-corrected chi connectivity index (χ1v) is 6.30. The van der Waals surface area contributed by atoms with Crippen LogP contribution in [0.15, 0.2) is 30.3 Å². The first-order valence-electron chi connectivity index (χ1n) is 6.30. The molecule has 6 heteroatoms. The molecule has 0 aromatic heterocycles. The lowest BCUT2D eigenvalue weighted by Crippen LogP contribution is -2.31. The Morgan fingerprint density at radius 3 is 2.30 bits per heavy atom. The molecule has 0 aliphatic heterocycles. The molecule has 1 rings (SSSR count). The first-order chi connectivity index (χ1) is 9.63. The fourth-order valence-electron chi connectivity index (χ4n) is 1.48. The average molecular weight is 278 g/mol. The van der Waals surface area contributed by atoms with Crippen molar-refractivity contribution in [1.29, 1.82) is 0 Å². The first kappa shape index (κ1) is 15.7. The molecule has 0 aliphatic carbocycles. The number of carbonyl (C=O) groups is 3. The Bertz CT molecular complexity index is 460. The smallest absolute Gasteiger partial charge is 0.307 e. The maximum Gasteiger partial charge on any atom is 0.307 e. The average Bonchev–Trinajstić information content (AvgIpc) is 2.47. The Kier molecular flexibility index (Phi) is 6.81. The minimum Gasteiger partial charge on any atom is -0.469 e. The summed E-state index contributed by atoms with van der Waals surface area (Å²) in [6.07, 6.45) is 0.304. The normalized spacial score (nSPS) is 9.65. The summed E-state index contributed by atoms with van der Waals surface area (Å²) in [5, 5.41) is 5.22. The summed E-state index contributed by atoms with van der Waals surface area (Å²) in [5.74, 6) is -0.807. The van der Waals surface area contributed by atoms with Crippen LogP contribution in [0.1, 0.15) is 23.2 Å². The van der Waals surface area contributed by atoms with E-state index >= 15 is 0 Å². The number of amides is 2. The SMILES string of the molecule is COC(=O)CCNC(=O)CCNC(=O)c1ccccc1. The van der Waals surface area contributed by atoms with Gasteiger partial charge in [0.1, 0.15) is 0 Å². The zero-order valence-electron chi connectivity index (χ0n) is 11.3. The van der Waals surface area contributed by atoms with Crippen molar-refractivity contribution < 1.29 is 19.1 Å². The lowest BCUT2D eigenvalue weighted by molar-refractivity contribution is -0.140. The molecule has 1 aromatic carbocycles. The van der Waals surface area contributed by atoms with Crippen LogP contribution in [0.5, 0.6) is 0 Å². The Labute approximate surface area is 117 Å². The van der Waals surface area contributed by atoms with Crippen LogP contribution in [0.25, 0.3) is 0 Å². The van der Waals surface area contributed by atoms with Crippen molar-refractivity contribution in [2.24, 2.45) is 0 Å². The van der Waals surface area contributed by atoms with E-state index in [-0.39, 0.29) is 43.7 Å². The number of rotatable bonds is 7. The molecule has 0 radical (unpaired) electrons. The van der Waals surface area contributed by atoms with Crippen LogP contribution >= 0.6 is 0 Å². The van der Waals surface area contributed by atoms with Crippen LogP contribution in [0.3, 0.4) is 0 Å². The van der Waals surface area contributed by atoms with Gasteiger partial charge in [0.25, 0.3) is 5.91 Å². The second-order valence-electron chi connectivity index (χ2n) is 4.05. The van der Waals surface area contributed by atoms with Gasteiger partial charge >= 0.3 is 5.97 Å². The lowest BCUT2D eigenvalue weighted by atomic mass is 10.2. The van der Waals surface area contributed by atoms with Crippen LogP contribution in [-0.2, 0) is 14.3 Å². The molecule has 0 bridgehead atoms. The largest absolute Gasteiger partial charge is 0.469 e. The monoisotopic (exact) mass is 278 g/mol. The minimum absolute atomic E-state index is 0.138. The van der Waals surface area contributed by atoms with Gasteiger partial charge in [-0.3, -0.25) is 14.4 Å². The van der Waals surface area contributed by atoms with Gasteiger partial charge in [0, 0.05) is 25.1 Å². The van der Waals surface area contributed by atoms with Gasteiger partial charge in [-0.05, 0) is 12.1 Å². The molecule has 0 saturated carbocycles. The highest BCUT2D eigenvalue weighted by atomic mass is 16.5. The summed E-state index contributed by atoms with van der Waals surface area (Å²) in [6.45, 7) is 0.482. The van der Waals surface area contributed by atoms with Gasteiger partial charge in [0.15, 0.2) is 0 Å². The van der Waals surface area contributed by atoms with E-state index in [9.17, 15) is 14.4 Å². The standard InChI is InChI=1S/C14H18N2O4/c1-20-13(18)8-10-15-12(17)7-9-16-14(19)11-5-3-2-4-6-11/h2-6H,7-10H2,1H3,(H,15,17)(H,16,19). The van der Waals surface area contributed by atoms with E-state index in [4.69, 9.17) is 0 Å². The molecule has 1 aromatic rings. The molecule has 0 saturated heterocycles. The maximum atomic E-state index is 11.7. The van der Waals surface area contributed by atoms with Crippen molar-refractivity contribution in [3.8, 4) is 0 Å². The third-order valence-electron chi connectivity index (χ3n) is 2.55. The van der Waals surface area contributed by atoms with Gasteiger partial charge in [-0.1, -0.05) is 18.2 Å². The fourth-order valence-corrected chi connectivity index (χ4v) is 1.48. The van der Waals surface area contributed by atoms with E-state index in [1.807, 2.05) is 6.07 Å². The summed E-state index contributed by atoms with van der Waals surface area (Å²) in [7, 11) is 1.29. The van der Waals surface area contributed by atoms with Gasteiger partial charge in [-0.15, -0.1) is 0 Å². The number of carbonyl (C=O) groups excluding carboxylic acids is 3. The van der Waals surface area contributed by atoms with Crippen LogP contribution in [0, 0.1) is 0 Å². The molecule has 20 heavy (non-hydrogen) atoms. The molecule has 0 heterocycles. The van der Waals surface area contributed by atoms with Gasteiger partial charge in [0.2, 0.25) is 5.91 Å². The van der Waals surface area contributed by atoms with E-state index in [0.717, 1.165) is 0 Å². The predicted molar refractivity (Wildman–Crippen MR) is 73.0 cm³/mol. The number of nitrogens with one attached hydrogen (secondary N) is 2. The Balaban J connectivity index is 2.16. The fraction of sp³-hybridized carbons (Fsp3) is 0.357. The molecular weight excluding hydrogens is 260 g/mol. The summed E-state index contributed by atoms with van der Waals surface area (Å²) >= 11 is 0. The molecule has 0 unspecified atom stereocenters. The van der Waals surface area contributed by atoms with Crippen molar-refractivity contribution >= 4 is 17.8 Å². The summed E-state index contributed by atoms with van der Waals surface area (Å²) in [4.78, 5) is 33.9. The van der Waals surface area contributed by atoms with Crippen molar-refractivity contribution in [2.75, 3.05) is 20.2 Å². The molecule has 108 valence electrons. The van der Waals surface area contributed by atoms with Crippen molar-refractivity contribution in [2.45, 2.75) is 12.8 Å². The van der Waals surface area contributed by atoms with Crippen LogP contribution in [0.4, 0.5) is 0 Å². The number of methoxy groups -OCH3 is 1. The van der Waals surface area contributed by atoms with Gasteiger partial charge in [-0.25, -0.2) is 0 Å². The molecular formula is C14H18N2O4. The highest BCUT2D eigenvalue weighted by Gasteiger charge is 2.06. The molecule has 6 nitrogen and oxygen atoms in total. The number of hydrogen-bond donors (Lipinski definition) is 2. The minimum atomic E-state index is -0.373. The molecule has 0 atom stereocenters. The van der Waals surface area contributed by atoms with Gasteiger partial charge < -0.3 is 15.4 Å². The third kappa shape index (κ3) is 5.99. The van der Waals surface area contributed by atoms with Crippen LogP contribution in [-0.4, -0.2) is 38.0 Å². The number of hydrogen-bond acceptors (Lipinski definition) is 4. The highest BCUT2D eigenvalue weighted by Crippen LogP contribution is 1.97. The molecule has 2 amide bonds. The second kappa shape index (κ2) is 8.68. The molecule has 2 N–H and O–H groups in total. The van der Waals surface area contributed by atoms with Crippen LogP contribution in [0.2, 0.25) is 0 Å². The van der Waals surface area contributed by atoms with Gasteiger partial charge in [0.05, 0.1) is 13.5 Å². The zero-order valence-corrected chi connectivity index (χ0v) is 11.3. The Morgan fingerprint density at radius 2 is 1.65 bits per heavy atom. The van der Waals surface area contributed by atoms with E-state index in [0.29, 0.717) is 5.56 Å². The van der Waals surface area contributed by atoms with Crippen LogP contribution < -0.4 is 10.6 Å². The Morgan fingerprint density at radius 1 is 1.00 bits per heavy atom. The lowest BCUT2D eigenvalue weighted by Gasteiger charge is -2.06. The molecule has 0 aliphatic rings. The summed E-state index contributed by atoms with van der Waals surface area (Å²) in [5.41, 5.74) is 0.554. The van der Waals surface area contributed by atoms with Crippen molar-refractivity contribution in [3.05, 3.63) is 35.9 Å². The van der Waals surface area contributed by atoms with E-state index in [1.165, 1.54) is 7.11 Å². The quantitative estimate of drug-likeness (QED) is 0.711. The second-order valence-corrected chi connectivity index (χ2v) is 4.05. The number of benzene rings is 1. The van der Waals surface area contributed by atoms with Crippen molar-refractivity contribution in [1.82, 2.24) is 10.6 Å². The maximum absolute atomic E-state index is 11.7. The predicted octanol–water partition coefficient (Wildman–Crippen LogP) is 0.486. The third-order valence-corrected chi connectivity index (χ3v) is 2.55. The molecule has 0 spiro atoms. The van der Waals surface area contributed by atoms with E-state index < -0.39 is 0 Å². The number of esters is 1. The van der Waals surface area contributed by atoms with E-state index in [2.05, 4.69) is 15.4 Å².